The van der Waals surface area contributed by atoms with Crippen LogP contribution in [0, 0.1) is 0 Å². The Morgan fingerprint density at radius 3 is 2.83 bits per heavy atom. The second kappa shape index (κ2) is 5.89. The number of hydrogen-bond acceptors (Lipinski definition) is 5. The molecule has 3 rings (SSSR count). The Bertz CT molecular complexity index is 804. The van der Waals surface area contributed by atoms with E-state index in [1.165, 1.54) is 17.0 Å². The Hall–Kier alpha value is -2.00. The quantitative estimate of drug-likeness (QED) is 0.784. The molecule has 1 saturated heterocycles. The average Bonchev–Trinajstić information content (AvgIpc) is 3.08. The molecule has 2 aliphatic rings. The molecule has 9 heteroatoms. The van der Waals surface area contributed by atoms with Gasteiger partial charge in [0.15, 0.2) is 5.11 Å². The molecule has 0 radical (unpaired) electrons. The highest BCUT2D eigenvalue weighted by Crippen LogP contribution is 2.23. The van der Waals surface area contributed by atoms with E-state index in [0.29, 0.717) is 24.5 Å². The van der Waals surface area contributed by atoms with Crippen LogP contribution in [-0.2, 0) is 14.8 Å². The normalized spacial score (nSPS) is 21.3. The molecule has 2 N–H and O–H groups in total. The molecule has 2 aliphatic heterocycles. The highest BCUT2D eigenvalue weighted by Gasteiger charge is 2.33. The summed E-state index contributed by atoms with van der Waals surface area (Å²) in [7, 11) is -3.73. The predicted octanol–water partition coefficient (Wildman–Crippen LogP) is 0.767. The molecule has 0 bridgehead atoms. The number of sulfonamides is 1. The van der Waals surface area contributed by atoms with Crippen LogP contribution < -0.4 is 14.9 Å². The first-order valence-electron chi connectivity index (χ1n) is 7.19. The molecule has 7 nitrogen and oxygen atoms in total. The van der Waals surface area contributed by atoms with E-state index in [1.54, 1.807) is 19.1 Å². The molecule has 122 valence electrons. The lowest BCUT2D eigenvalue weighted by atomic mass is 10.2. The Kier molecular flexibility index (Phi) is 4.07. The second-order valence-corrected chi connectivity index (χ2v) is 7.45. The number of rotatable bonds is 3. The summed E-state index contributed by atoms with van der Waals surface area (Å²) in [5.41, 5.74) is 0.424. The number of thiocarbonyl (C=S) groups is 1. The zero-order chi connectivity index (χ0) is 16.6. The first-order valence-corrected chi connectivity index (χ1v) is 9.08. The van der Waals surface area contributed by atoms with Crippen molar-refractivity contribution in [3.63, 3.8) is 0 Å². The topological polar surface area (TPSA) is 90.9 Å². The number of nitrogens with one attached hydrogen (secondary N) is 2. The lowest BCUT2D eigenvalue weighted by Gasteiger charge is -2.16. The maximum atomic E-state index is 12.4. The van der Waals surface area contributed by atoms with E-state index in [-0.39, 0.29) is 15.9 Å². The maximum Gasteiger partial charge on any atom is 0.262 e. The van der Waals surface area contributed by atoms with Crippen molar-refractivity contribution in [1.29, 1.82) is 0 Å². The molecule has 0 saturated carbocycles. The van der Waals surface area contributed by atoms with Gasteiger partial charge in [0.25, 0.3) is 15.9 Å². The zero-order valence-electron chi connectivity index (χ0n) is 12.4. The van der Waals surface area contributed by atoms with Gasteiger partial charge < -0.3 is 5.32 Å². The third kappa shape index (κ3) is 3.06. The van der Waals surface area contributed by atoms with Gasteiger partial charge in [0.05, 0.1) is 10.6 Å². The van der Waals surface area contributed by atoms with Gasteiger partial charge in [0.2, 0.25) is 0 Å². The second-order valence-electron chi connectivity index (χ2n) is 5.38. The van der Waals surface area contributed by atoms with Crippen LogP contribution in [0.4, 0.5) is 5.69 Å². The van der Waals surface area contributed by atoms with E-state index < -0.39 is 16.1 Å². The first-order chi connectivity index (χ1) is 10.9. The molecule has 2 heterocycles. The monoisotopic (exact) mass is 352 g/mol. The van der Waals surface area contributed by atoms with Crippen molar-refractivity contribution in [1.82, 2.24) is 10.0 Å². The van der Waals surface area contributed by atoms with Crippen LogP contribution in [0.3, 0.4) is 0 Å². The van der Waals surface area contributed by atoms with Crippen LogP contribution in [0.1, 0.15) is 19.8 Å². The fourth-order valence-electron chi connectivity index (χ4n) is 2.48. The van der Waals surface area contributed by atoms with Crippen LogP contribution >= 0.6 is 12.2 Å². The smallest absolute Gasteiger partial charge is 0.262 e. The molecule has 0 aromatic heterocycles. The van der Waals surface area contributed by atoms with E-state index in [1.807, 2.05) is 0 Å². The summed E-state index contributed by atoms with van der Waals surface area (Å²) in [5, 5.41) is 3.12. The third-order valence-electron chi connectivity index (χ3n) is 3.65. The van der Waals surface area contributed by atoms with E-state index in [0.717, 1.165) is 6.42 Å². The molecule has 0 aliphatic carbocycles. The van der Waals surface area contributed by atoms with Gasteiger partial charge in [-0.25, -0.2) is 8.42 Å². The third-order valence-corrected chi connectivity index (χ3v) is 5.33. The van der Waals surface area contributed by atoms with Crippen LogP contribution in [-0.4, -0.2) is 37.9 Å². The number of amides is 1. The number of anilines is 1. The molecule has 23 heavy (non-hydrogen) atoms. The van der Waals surface area contributed by atoms with Crippen molar-refractivity contribution >= 4 is 44.8 Å². The highest BCUT2D eigenvalue weighted by molar-refractivity contribution is 7.90. The van der Waals surface area contributed by atoms with E-state index in [2.05, 4.69) is 15.0 Å². The van der Waals surface area contributed by atoms with Gasteiger partial charge >= 0.3 is 0 Å². The van der Waals surface area contributed by atoms with Crippen molar-refractivity contribution < 1.29 is 13.2 Å². The molecule has 1 fully saturated rings. The number of hydrogen-bond donors (Lipinski definition) is 2. The highest BCUT2D eigenvalue weighted by atomic mass is 32.2. The van der Waals surface area contributed by atoms with Gasteiger partial charge in [-0.15, -0.1) is 0 Å². The van der Waals surface area contributed by atoms with Gasteiger partial charge in [-0.05, 0) is 43.8 Å². The van der Waals surface area contributed by atoms with E-state index in [4.69, 9.17) is 12.2 Å². The Morgan fingerprint density at radius 1 is 1.43 bits per heavy atom. The van der Waals surface area contributed by atoms with Crippen molar-refractivity contribution in [3.05, 3.63) is 24.3 Å². The molecular formula is C14H16N4O3S2. The maximum absolute atomic E-state index is 12.4. The molecule has 0 spiro atoms. The molecule has 0 unspecified atom stereocenters. The fourth-order valence-corrected chi connectivity index (χ4v) is 3.98. The standard InChI is InChI=1S/C14H16N4O3S2/c1-9-13(19)18(14(22)16-9)10-4-2-5-11(8-10)23(20,21)17-12-6-3-7-15-12/h2,4-5,8-9H,3,6-7H2,1H3,(H,15,17)(H,16,22)/t9-/m1/s1. The minimum absolute atomic E-state index is 0.0692. The number of carbonyl (C=O) groups excluding carboxylic acids is 1. The SMILES string of the molecule is C[C@H]1NC(=S)N(c2cccc(S(=O)(=O)NC3=NCCC3)c2)C1=O. The van der Waals surface area contributed by atoms with Crippen LogP contribution in [0.25, 0.3) is 0 Å². The van der Waals surface area contributed by atoms with Crippen molar-refractivity contribution in [2.45, 2.75) is 30.7 Å². The molecular weight excluding hydrogens is 336 g/mol. The van der Waals surface area contributed by atoms with Gasteiger partial charge in [0.1, 0.15) is 11.9 Å². The average molecular weight is 352 g/mol. The van der Waals surface area contributed by atoms with Gasteiger partial charge in [-0.3, -0.25) is 19.4 Å². The zero-order valence-corrected chi connectivity index (χ0v) is 14.1. The number of aliphatic imine (C=N–C) groups is 1. The molecule has 1 amide bonds. The van der Waals surface area contributed by atoms with Crippen molar-refractivity contribution in [2.24, 2.45) is 4.99 Å². The largest absolute Gasteiger partial charge is 0.350 e. The molecule has 1 atom stereocenters. The summed E-state index contributed by atoms with van der Waals surface area (Å²) in [5.74, 6) is 0.260. The lowest BCUT2D eigenvalue weighted by molar-refractivity contribution is -0.117. The van der Waals surface area contributed by atoms with Gasteiger partial charge in [-0.1, -0.05) is 6.07 Å². The van der Waals surface area contributed by atoms with E-state index in [9.17, 15) is 13.2 Å². The Morgan fingerprint density at radius 2 is 2.22 bits per heavy atom. The van der Waals surface area contributed by atoms with Crippen molar-refractivity contribution in [3.8, 4) is 0 Å². The first kappa shape index (κ1) is 15.9. The van der Waals surface area contributed by atoms with E-state index >= 15 is 0 Å². The van der Waals surface area contributed by atoms with Crippen LogP contribution in [0.2, 0.25) is 0 Å². The van der Waals surface area contributed by atoms with Gasteiger partial charge in [0, 0.05) is 13.0 Å². The summed E-state index contributed by atoms with van der Waals surface area (Å²) in [6, 6.07) is 5.72. The lowest BCUT2D eigenvalue weighted by Crippen LogP contribution is -2.32. The van der Waals surface area contributed by atoms with Crippen LogP contribution in [0.15, 0.2) is 34.2 Å². The number of carbonyl (C=O) groups is 1. The minimum atomic E-state index is -3.73. The van der Waals surface area contributed by atoms with Crippen LogP contribution in [0.5, 0.6) is 0 Å². The fraction of sp³-hybridized carbons (Fsp3) is 0.357. The minimum Gasteiger partial charge on any atom is -0.350 e. The summed E-state index contributed by atoms with van der Waals surface area (Å²) in [6.07, 6.45) is 1.47. The summed E-state index contributed by atoms with van der Waals surface area (Å²) < 4.78 is 27.4. The summed E-state index contributed by atoms with van der Waals surface area (Å²) in [4.78, 5) is 17.6. The Balaban J connectivity index is 1.91. The number of amidine groups is 1. The number of nitrogens with zero attached hydrogens (tertiary/aromatic N) is 2. The Labute approximate surface area is 139 Å². The predicted molar refractivity (Wildman–Crippen MR) is 91.0 cm³/mol. The summed E-state index contributed by atoms with van der Waals surface area (Å²) in [6.45, 7) is 2.34. The summed E-state index contributed by atoms with van der Waals surface area (Å²) >= 11 is 5.14. The number of benzene rings is 1. The molecule has 1 aromatic carbocycles. The molecule has 1 aromatic rings. The van der Waals surface area contributed by atoms with Crippen molar-refractivity contribution in [2.75, 3.05) is 11.4 Å². The van der Waals surface area contributed by atoms with Gasteiger partial charge in [-0.2, -0.15) is 0 Å².